The van der Waals surface area contributed by atoms with Crippen LogP contribution in [-0.4, -0.2) is 53.1 Å². The second-order valence-electron chi connectivity index (χ2n) is 6.94. The summed E-state index contributed by atoms with van der Waals surface area (Å²) >= 11 is 0. The molecule has 8 heteroatoms. The van der Waals surface area contributed by atoms with E-state index in [1.54, 1.807) is 6.20 Å². The van der Waals surface area contributed by atoms with Crippen molar-refractivity contribution in [2.45, 2.75) is 43.9 Å². The lowest BCUT2D eigenvalue weighted by molar-refractivity contribution is -0.215. The normalized spacial score (nSPS) is 21.7. The zero-order valence-corrected chi connectivity index (χ0v) is 13.7. The summed E-state index contributed by atoms with van der Waals surface area (Å²) in [6, 6.07) is 5.85. The van der Waals surface area contributed by atoms with E-state index in [-0.39, 0.29) is 5.41 Å². The molecule has 1 N–H and O–H groups in total. The molecule has 1 aromatic heterocycles. The van der Waals surface area contributed by atoms with Gasteiger partial charge in [-0.15, -0.1) is 0 Å². The summed E-state index contributed by atoms with van der Waals surface area (Å²) < 4.78 is 42.1. The molecule has 1 aliphatic carbocycles. The summed E-state index contributed by atoms with van der Waals surface area (Å²) in [6.45, 7) is -0.508. The molecule has 2 aliphatic rings. The van der Waals surface area contributed by atoms with E-state index in [4.69, 9.17) is 5.11 Å². The number of aliphatic hydroxyl groups excluding tert-OH is 1. The Labute approximate surface area is 143 Å². The minimum Gasteiger partial charge on any atom is -0.434 e. The average Bonchev–Trinajstić information content (AvgIpc) is 2.57. The fourth-order valence-electron chi connectivity index (χ4n) is 3.79. The van der Waals surface area contributed by atoms with Crippen LogP contribution in [0.4, 0.5) is 18.0 Å². The third kappa shape index (κ3) is 3.89. The van der Waals surface area contributed by atoms with E-state index in [0.29, 0.717) is 19.0 Å². The number of carbonyl (C=O) groups is 1. The van der Waals surface area contributed by atoms with Gasteiger partial charge in [0.1, 0.15) is 0 Å². The van der Waals surface area contributed by atoms with Crippen LogP contribution in [0.5, 0.6) is 0 Å². The van der Waals surface area contributed by atoms with E-state index in [9.17, 15) is 18.0 Å². The maximum Gasteiger partial charge on any atom is 0.427 e. The number of nitrogens with zero attached hydrogens (tertiary/aromatic N) is 2. The predicted molar refractivity (Wildman–Crippen MR) is 82.9 cm³/mol. The number of pyridine rings is 1. The van der Waals surface area contributed by atoms with Crippen LogP contribution in [0.2, 0.25) is 0 Å². The van der Waals surface area contributed by atoms with Crippen LogP contribution < -0.4 is 0 Å². The van der Waals surface area contributed by atoms with Gasteiger partial charge in [-0.2, -0.15) is 13.2 Å². The number of ether oxygens (including phenoxy) is 1. The number of likely N-dealkylation sites (tertiary alicyclic amines) is 1. The first kappa shape index (κ1) is 18.0. The Balaban J connectivity index is 1.49. The van der Waals surface area contributed by atoms with Crippen molar-refractivity contribution in [3.05, 3.63) is 30.1 Å². The maximum atomic E-state index is 12.6. The van der Waals surface area contributed by atoms with Crippen molar-refractivity contribution in [2.24, 2.45) is 5.41 Å². The minimum absolute atomic E-state index is 0.152. The summed E-state index contributed by atoms with van der Waals surface area (Å²) in [5.74, 6) is 0.420. The number of hydrogen-bond donors (Lipinski definition) is 1. The summed E-state index contributed by atoms with van der Waals surface area (Å²) in [5.41, 5.74) is 1.23. The molecule has 0 aromatic carbocycles. The van der Waals surface area contributed by atoms with E-state index in [1.807, 2.05) is 18.2 Å². The molecule has 2 heterocycles. The van der Waals surface area contributed by atoms with Crippen molar-refractivity contribution in [1.29, 1.82) is 0 Å². The molecule has 3 rings (SSSR count). The smallest absolute Gasteiger partial charge is 0.427 e. The van der Waals surface area contributed by atoms with Gasteiger partial charge in [0.15, 0.2) is 0 Å². The van der Waals surface area contributed by atoms with E-state index < -0.39 is 25.0 Å². The second kappa shape index (κ2) is 6.82. The first-order chi connectivity index (χ1) is 11.8. The zero-order valence-electron chi connectivity index (χ0n) is 13.7. The topological polar surface area (TPSA) is 62.7 Å². The van der Waals surface area contributed by atoms with Gasteiger partial charge in [0, 0.05) is 30.9 Å². The Morgan fingerprint density at radius 2 is 2.04 bits per heavy atom. The van der Waals surface area contributed by atoms with Gasteiger partial charge in [0.25, 0.3) is 0 Å². The SMILES string of the molecule is O=C(OC(CO)C(F)(F)F)N1CCC2(CC1)CC(c1ccccn1)C2. The Bertz CT molecular complexity index is 593. The standard InChI is InChI=1S/C17H21F3N2O3/c18-17(19,20)14(11-23)25-15(24)22-7-4-16(5-8-22)9-12(10-16)13-3-1-2-6-21-13/h1-3,6,12,14,23H,4-5,7-11H2. The minimum atomic E-state index is -4.76. The van der Waals surface area contributed by atoms with Crippen molar-refractivity contribution >= 4 is 6.09 Å². The van der Waals surface area contributed by atoms with Gasteiger partial charge in [0.05, 0.1) is 6.61 Å². The summed E-state index contributed by atoms with van der Waals surface area (Å²) in [4.78, 5) is 17.6. The number of piperidine rings is 1. The number of carbonyl (C=O) groups excluding carboxylic acids is 1. The molecule has 1 spiro atoms. The van der Waals surface area contributed by atoms with E-state index in [2.05, 4.69) is 9.72 Å². The second-order valence-corrected chi connectivity index (χ2v) is 6.94. The van der Waals surface area contributed by atoms with E-state index >= 15 is 0 Å². The fraction of sp³-hybridized carbons (Fsp3) is 0.647. The molecule has 0 radical (unpaired) electrons. The highest BCUT2D eigenvalue weighted by Gasteiger charge is 2.48. The van der Waals surface area contributed by atoms with Gasteiger partial charge < -0.3 is 14.7 Å². The largest absolute Gasteiger partial charge is 0.434 e. The van der Waals surface area contributed by atoms with Crippen molar-refractivity contribution < 1.29 is 27.8 Å². The quantitative estimate of drug-likeness (QED) is 0.902. The first-order valence-corrected chi connectivity index (χ1v) is 8.37. The van der Waals surface area contributed by atoms with Gasteiger partial charge in [-0.3, -0.25) is 4.98 Å². The Hall–Kier alpha value is -1.83. The third-order valence-electron chi connectivity index (χ3n) is 5.32. The molecule has 138 valence electrons. The van der Waals surface area contributed by atoms with Gasteiger partial charge in [-0.1, -0.05) is 6.07 Å². The van der Waals surface area contributed by atoms with Crippen molar-refractivity contribution in [3.8, 4) is 0 Å². The van der Waals surface area contributed by atoms with Crippen molar-refractivity contribution in [1.82, 2.24) is 9.88 Å². The van der Waals surface area contributed by atoms with Crippen LogP contribution in [-0.2, 0) is 4.74 Å². The number of rotatable bonds is 3. The van der Waals surface area contributed by atoms with Crippen LogP contribution in [0.25, 0.3) is 0 Å². The summed E-state index contributed by atoms with van der Waals surface area (Å²) in [7, 11) is 0. The lowest BCUT2D eigenvalue weighted by atomic mass is 9.57. The predicted octanol–water partition coefficient (Wildman–Crippen LogP) is 3.10. The maximum absolute atomic E-state index is 12.6. The van der Waals surface area contributed by atoms with Crippen molar-refractivity contribution in [3.63, 3.8) is 0 Å². The molecule has 1 saturated carbocycles. The Morgan fingerprint density at radius 3 is 2.56 bits per heavy atom. The highest BCUT2D eigenvalue weighted by Crippen LogP contribution is 2.56. The molecule has 0 bridgehead atoms. The van der Waals surface area contributed by atoms with Crippen molar-refractivity contribution in [2.75, 3.05) is 19.7 Å². The van der Waals surface area contributed by atoms with Crippen LogP contribution in [0, 0.1) is 5.41 Å². The number of amides is 1. The van der Waals surface area contributed by atoms with Crippen LogP contribution in [0.3, 0.4) is 0 Å². The Morgan fingerprint density at radius 1 is 1.36 bits per heavy atom. The molecule has 25 heavy (non-hydrogen) atoms. The van der Waals surface area contributed by atoms with Crippen LogP contribution in [0.15, 0.2) is 24.4 Å². The lowest BCUT2D eigenvalue weighted by Gasteiger charge is -2.52. The highest BCUT2D eigenvalue weighted by molar-refractivity contribution is 5.68. The van der Waals surface area contributed by atoms with Gasteiger partial charge in [-0.05, 0) is 43.2 Å². The van der Waals surface area contributed by atoms with Gasteiger partial charge >= 0.3 is 12.3 Å². The fourth-order valence-corrected chi connectivity index (χ4v) is 3.79. The number of hydrogen-bond acceptors (Lipinski definition) is 4. The molecule has 2 fully saturated rings. The summed E-state index contributed by atoms with van der Waals surface area (Å²) in [6.07, 6.45) is -2.96. The number of aromatic nitrogens is 1. The van der Waals surface area contributed by atoms with E-state index in [1.165, 1.54) is 4.90 Å². The molecule has 1 atom stereocenters. The van der Waals surface area contributed by atoms with Gasteiger partial charge in [0.2, 0.25) is 6.10 Å². The number of alkyl halides is 3. The molecule has 1 unspecified atom stereocenters. The molecule has 5 nitrogen and oxygen atoms in total. The summed E-state index contributed by atoms with van der Waals surface area (Å²) in [5, 5.41) is 8.75. The lowest BCUT2D eigenvalue weighted by Crippen LogP contribution is -2.50. The zero-order chi connectivity index (χ0) is 18.1. The highest BCUT2D eigenvalue weighted by atomic mass is 19.4. The van der Waals surface area contributed by atoms with Crippen LogP contribution in [0.1, 0.15) is 37.3 Å². The number of halogens is 3. The van der Waals surface area contributed by atoms with Crippen LogP contribution >= 0.6 is 0 Å². The van der Waals surface area contributed by atoms with E-state index in [0.717, 1.165) is 31.4 Å². The monoisotopic (exact) mass is 358 g/mol. The Kier molecular flexibility index (Phi) is 4.90. The average molecular weight is 358 g/mol. The first-order valence-electron chi connectivity index (χ1n) is 8.37. The molecular formula is C17H21F3N2O3. The molecule has 1 amide bonds. The molecule has 1 aromatic rings. The molecular weight excluding hydrogens is 337 g/mol. The van der Waals surface area contributed by atoms with Gasteiger partial charge in [-0.25, -0.2) is 4.79 Å². The number of aliphatic hydroxyl groups is 1. The molecule has 1 aliphatic heterocycles. The third-order valence-corrected chi connectivity index (χ3v) is 5.32. The molecule has 1 saturated heterocycles.